The molecule has 1 amide bonds. The molecule has 2 aliphatic rings. The summed E-state index contributed by atoms with van der Waals surface area (Å²) in [5.74, 6) is -0.341. The van der Waals surface area contributed by atoms with Crippen LogP contribution in [0.25, 0.3) is 0 Å². The van der Waals surface area contributed by atoms with Gasteiger partial charge in [0.15, 0.2) is 5.78 Å². The van der Waals surface area contributed by atoms with Crippen LogP contribution < -0.4 is 0 Å². The Balaban J connectivity index is 1.94. The van der Waals surface area contributed by atoms with E-state index in [-0.39, 0.29) is 23.7 Å². The number of amides is 1. The van der Waals surface area contributed by atoms with Crippen LogP contribution in [0.5, 0.6) is 0 Å². The zero-order valence-electron chi connectivity index (χ0n) is 15.6. The molecule has 0 aromatic carbocycles. The summed E-state index contributed by atoms with van der Waals surface area (Å²) in [6, 6.07) is -0.317. The van der Waals surface area contributed by atoms with E-state index in [4.69, 9.17) is 4.74 Å². The quantitative estimate of drug-likeness (QED) is 0.586. The third-order valence-electron chi connectivity index (χ3n) is 5.47. The van der Waals surface area contributed by atoms with Crippen molar-refractivity contribution in [3.63, 3.8) is 0 Å². The van der Waals surface area contributed by atoms with E-state index in [9.17, 15) is 14.4 Å². The highest BCUT2D eigenvalue weighted by Crippen LogP contribution is 2.38. The Labute approximate surface area is 148 Å². The predicted molar refractivity (Wildman–Crippen MR) is 92.6 cm³/mol. The molecule has 1 atom stereocenters. The minimum absolute atomic E-state index is 0.0957. The summed E-state index contributed by atoms with van der Waals surface area (Å²) in [5, 5.41) is 0. The van der Waals surface area contributed by atoms with Crippen molar-refractivity contribution < 1.29 is 19.1 Å². The van der Waals surface area contributed by atoms with E-state index in [1.54, 1.807) is 23.4 Å². The molecule has 136 valence electrons. The monoisotopic (exact) mass is 346 g/mol. The van der Waals surface area contributed by atoms with Gasteiger partial charge in [-0.3, -0.25) is 9.59 Å². The lowest BCUT2D eigenvalue weighted by Gasteiger charge is -2.29. The Hall–Kier alpha value is -2.11. The third-order valence-corrected chi connectivity index (χ3v) is 5.47. The van der Waals surface area contributed by atoms with Gasteiger partial charge in [-0.25, -0.2) is 4.79 Å². The molecule has 0 N–H and O–H groups in total. The van der Waals surface area contributed by atoms with Gasteiger partial charge in [0.1, 0.15) is 5.69 Å². The van der Waals surface area contributed by atoms with E-state index < -0.39 is 12.0 Å². The maximum Gasteiger partial charge on any atom is 0.354 e. The van der Waals surface area contributed by atoms with Gasteiger partial charge in [-0.15, -0.1) is 0 Å². The number of rotatable bonds is 6. The van der Waals surface area contributed by atoms with Crippen LogP contribution in [-0.4, -0.2) is 46.3 Å². The normalized spacial score (nSPS) is 18.0. The van der Waals surface area contributed by atoms with Gasteiger partial charge in [-0.2, -0.15) is 0 Å². The average molecular weight is 346 g/mol. The minimum Gasteiger partial charge on any atom is -0.464 e. The second-order valence-electron chi connectivity index (χ2n) is 7.28. The van der Waals surface area contributed by atoms with Gasteiger partial charge in [0.05, 0.1) is 13.2 Å². The number of carbonyl (C=O) groups is 3. The van der Waals surface area contributed by atoms with Crippen LogP contribution in [0.15, 0.2) is 0 Å². The van der Waals surface area contributed by atoms with Gasteiger partial charge in [0.25, 0.3) is 0 Å². The van der Waals surface area contributed by atoms with Gasteiger partial charge in [-0.05, 0) is 52.0 Å². The van der Waals surface area contributed by atoms with Crippen molar-refractivity contribution in [3.05, 3.63) is 22.5 Å². The molecule has 25 heavy (non-hydrogen) atoms. The summed E-state index contributed by atoms with van der Waals surface area (Å²) in [6.45, 7) is 5.40. The van der Waals surface area contributed by atoms with Crippen molar-refractivity contribution in [2.24, 2.45) is 13.0 Å². The van der Waals surface area contributed by atoms with Crippen molar-refractivity contribution >= 4 is 17.7 Å². The molecule has 3 rings (SSSR count). The van der Waals surface area contributed by atoms with E-state index in [0.717, 1.165) is 31.4 Å². The predicted octanol–water partition coefficient (Wildman–Crippen LogP) is 2.40. The first-order chi connectivity index (χ1) is 11.8. The van der Waals surface area contributed by atoms with Gasteiger partial charge in [0.2, 0.25) is 5.91 Å². The van der Waals surface area contributed by atoms with Crippen molar-refractivity contribution in [1.29, 1.82) is 0 Å². The molecule has 0 aliphatic heterocycles. The Morgan fingerprint density at radius 3 is 2.24 bits per heavy atom. The number of aromatic nitrogens is 1. The lowest BCUT2D eigenvalue weighted by Crippen LogP contribution is -2.45. The molecule has 2 fully saturated rings. The fraction of sp³-hybridized carbons (Fsp3) is 0.632. The second-order valence-corrected chi connectivity index (χ2v) is 7.28. The largest absolute Gasteiger partial charge is 0.464 e. The van der Waals surface area contributed by atoms with Gasteiger partial charge in [0, 0.05) is 30.3 Å². The zero-order chi connectivity index (χ0) is 18.5. The third kappa shape index (κ3) is 2.98. The van der Waals surface area contributed by atoms with Crippen LogP contribution in [0, 0.1) is 19.8 Å². The molecule has 0 spiro atoms. The number of hydrogen-bond acceptors (Lipinski definition) is 4. The molecule has 6 nitrogen and oxygen atoms in total. The van der Waals surface area contributed by atoms with Crippen molar-refractivity contribution in [1.82, 2.24) is 9.47 Å². The highest BCUT2D eigenvalue weighted by Gasteiger charge is 2.44. The number of Topliss-reactive ketones (excluding diaryl/α,β-unsaturated/α-hetero) is 1. The number of methoxy groups -OCH3 is 1. The molecule has 2 saturated carbocycles. The fourth-order valence-electron chi connectivity index (χ4n) is 3.64. The molecule has 1 aromatic heterocycles. The molecular weight excluding hydrogens is 320 g/mol. The lowest BCUT2D eigenvalue weighted by atomic mass is 9.99. The summed E-state index contributed by atoms with van der Waals surface area (Å²) in [5.41, 5.74) is 2.27. The van der Waals surface area contributed by atoms with Crippen LogP contribution in [0.4, 0.5) is 0 Å². The highest BCUT2D eigenvalue weighted by molar-refractivity contribution is 6.06. The first-order valence-corrected chi connectivity index (χ1v) is 8.90. The molecule has 0 saturated heterocycles. The van der Waals surface area contributed by atoms with Crippen LogP contribution in [0.3, 0.4) is 0 Å². The van der Waals surface area contributed by atoms with Crippen LogP contribution in [-0.2, 0) is 16.6 Å². The van der Waals surface area contributed by atoms with Crippen LogP contribution >= 0.6 is 0 Å². The summed E-state index contributed by atoms with van der Waals surface area (Å²) in [4.78, 5) is 39.7. The summed E-state index contributed by atoms with van der Waals surface area (Å²) in [6.07, 6.45) is 3.80. The first-order valence-electron chi connectivity index (χ1n) is 8.90. The maximum atomic E-state index is 13.2. The Morgan fingerprint density at radius 2 is 1.76 bits per heavy atom. The number of ether oxygens (including phenoxy) is 1. The molecule has 2 aliphatic carbocycles. The van der Waals surface area contributed by atoms with Crippen molar-refractivity contribution in [3.8, 4) is 0 Å². The lowest BCUT2D eigenvalue weighted by molar-refractivity contribution is -0.134. The minimum atomic E-state index is -0.508. The van der Waals surface area contributed by atoms with E-state index in [1.165, 1.54) is 7.11 Å². The summed E-state index contributed by atoms with van der Waals surface area (Å²) < 4.78 is 6.54. The number of ketones is 1. The molecule has 1 heterocycles. The molecule has 0 radical (unpaired) electrons. The Bertz CT molecular complexity index is 741. The van der Waals surface area contributed by atoms with Crippen molar-refractivity contribution in [2.45, 2.75) is 58.5 Å². The highest BCUT2D eigenvalue weighted by atomic mass is 16.5. The summed E-state index contributed by atoms with van der Waals surface area (Å²) >= 11 is 0. The smallest absolute Gasteiger partial charge is 0.354 e. The van der Waals surface area contributed by atoms with Crippen LogP contribution in [0.1, 0.15) is 64.7 Å². The molecule has 1 unspecified atom stereocenters. The van der Waals surface area contributed by atoms with Crippen molar-refractivity contribution in [2.75, 3.05) is 7.11 Å². The summed E-state index contributed by atoms with van der Waals surface area (Å²) in [7, 11) is 3.08. The topological polar surface area (TPSA) is 68.6 Å². The maximum absolute atomic E-state index is 13.2. The van der Waals surface area contributed by atoms with E-state index in [1.807, 2.05) is 13.8 Å². The number of nitrogens with zero attached hydrogens (tertiary/aromatic N) is 2. The Kier molecular flexibility index (Phi) is 4.47. The first kappa shape index (κ1) is 17.7. The van der Waals surface area contributed by atoms with Gasteiger partial charge < -0.3 is 14.2 Å². The van der Waals surface area contributed by atoms with Gasteiger partial charge >= 0.3 is 5.97 Å². The van der Waals surface area contributed by atoms with E-state index >= 15 is 0 Å². The molecule has 0 bridgehead atoms. The molecule has 1 aromatic rings. The zero-order valence-corrected chi connectivity index (χ0v) is 15.6. The average Bonchev–Trinajstić information content (AvgIpc) is 3.46. The fourth-order valence-corrected chi connectivity index (χ4v) is 3.64. The van der Waals surface area contributed by atoms with Gasteiger partial charge in [-0.1, -0.05) is 0 Å². The standard InChI is InChI=1S/C19H26N2O4/c1-10-15(11(2)20(4)16(10)19(24)25-5)17(22)12(3)21(14-8-9-14)18(23)13-6-7-13/h12-14H,6-9H2,1-5H3. The number of carbonyl (C=O) groups excluding carboxylic acids is 3. The number of hydrogen-bond donors (Lipinski definition) is 0. The van der Waals surface area contributed by atoms with Crippen LogP contribution in [0.2, 0.25) is 0 Å². The van der Waals surface area contributed by atoms with E-state index in [2.05, 4.69) is 0 Å². The molecular formula is C19H26N2O4. The van der Waals surface area contributed by atoms with E-state index in [0.29, 0.717) is 16.8 Å². The molecule has 6 heteroatoms. The SMILES string of the molecule is COC(=O)c1c(C)c(C(=O)C(C)N(C(=O)C2CC2)C2CC2)c(C)n1C. The number of esters is 1. The second kappa shape index (κ2) is 6.32. The Morgan fingerprint density at radius 1 is 1.16 bits per heavy atom.